The van der Waals surface area contributed by atoms with E-state index in [1.807, 2.05) is 27.7 Å². The summed E-state index contributed by atoms with van der Waals surface area (Å²) in [6, 6.07) is 16.6. The van der Waals surface area contributed by atoms with Crippen LogP contribution >= 0.6 is 15.6 Å². The minimum Gasteiger partial charge on any atom is -0.412 e. The lowest BCUT2D eigenvalue weighted by Gasteiger charge is -2.26. The predicted molar refractivity (Wildman–Crippen MR) is 218 cm³/mol. The third-order valence-corrected chi connectivity index (χ3v) is 11.6. The molecule has 9 nitrogen and oxygen atoms in total. The van der Waals surface area contributed by atoms with E-state index in [4.69, 9.17) is 18.1 Å². The Hall–Kier alpha value is -3.05. The van der Waals surface area contributed by atoms with Crippen molar-refractivity contribution < 1.29 is 42.5 Å². The Kier molecular flexibility index (Phi) is 16.1. The number of phosphoric acid groups is 2. The smallest absolute Gasteiger partial charge is 0.412 e. The molecule has 4 aromatic carbocycles. The van der Waals surface area contributed by atoms with E-state index in [2.05, 4.69) is 76.2 Å². The standard InChI is InChI=1S/2C21H27O4P.Al.H2O/c2*1-5-14-9-16(7-3)20-18(11-14)13-19-12-15(6-2)10-17(8-4)21(19)25-26(22,23)24-20;;/h2*9-12H,5-8,13H2,1-4H3,(H,22,23);;1H2. The van der Waals surface area contributed by atoms with Crippen LogP contribution in [0.15, 0.2) is 48.5 Å². The summed E-state index contributed by atoms with van der Waals surface area (Å²) in [4.78, 5) is 20.8. The highest BCUT2D eigenvalue weighted by Crippen LogP contribution is 2.53. The summed E-state index contributed by atoms with van der Waals surface area (Å²) in [5, 5.41) is 0. The molecular weight excluding hydrogens is 737 g/mol. The molecule has 54 heavy (non-hydrogen) atoms. The molecule has 0 saturated carbocycles. The molecule has 6 rings (SSSR count). The highest BCUT2D eigenvalue weighted by atomic mass is 31.2. The van der Waals surface area contributed by atoms with Gasteiger partial charge in [-0.25, -0.2) is 9.13 Å². The Morgan fingerprint density at radius 3 is 0.796 bits per heavy atom. The maximum atomic E-state index is 12.7. The Morgan fingerprint density at radius 2 is 0.630 bits per heavy atom. The van der Waals surface area contributed by atoms with Crippen LogP contribution in [0.2, 0.25) is 0 Å². The van der Waals surface area contributed by atoms with Gasteiger partial charge in [-0.05, 0) is 118 Å². The van der Waals surface area contributed by atoms with Crippen LogP contribution in [0.5, 0.6) is 23.0 Å². The van der Waals surface area contributed by atoms with Gasteiger partial charge >= 0.3 is 15.6 Å². The van der Waals surface area contributed by atoms with Crippen LogP contribution in [0, 0.1) is 0 Å². The average Bonchev–Trinajstić information content (AvgIpc) is 3.12. The number of rotatable bonds is 8. The van der Waals surface area contributed by atoms with Gasteiger partial charge in [0.25, 0.3) is 0 Å². The fourth-order valence-electron chi connectivity index (χ4n) is 7.08. The van der Waals surface area contributed by atoms with Gasteiger partial charge in [0.15, 0.2) is 0 Å². The van der Waals surface area contributed by atoms with Gasteiger partial charge in [-0.15, -0.1) is 0 Å². The largest absolute Gasteiger partial charge is 0.584 e. The van der Waals surface area contributed by atoms with Gasteiger partial charge in [0.05, 0.1) is 0 Å². The second kappa shape index (κ2) is 19.2. The molecule has 0 aromatic heterocycles. The molecule has 0 fully saturated rings. The Balaban J connectivity index is 0.000000280. The van der Waals surface area contributed by atoms with Gasteiger partial charge in [-0.3, -0.25) is 9.79 Å². The highest BCUT2D eigenvalue weighted by molar-refractivity contribution is 7.48. The van der Waals surface area contributed by atoms with Crippen molar-refractivity contribution in [3.63, 3.8) is 0 Å². The van der Waals surface area contributed by atoms with Gasteiger partial charge < -0.3 is 23.6 Å². The Bertz CT molecular complexity index is 1770. The second-order valence-corrected chi connectivity index (χ2v) is 16.1. The maximum Gasteiger partial charge on any atom is 0.584 e. The van der Waals surface area contributed by atoms with Gasteiger partial charge in [0.1, 0.15) is 23.0 Å². The molecule has 291 valence electrons. The molecule has 2 aliphatic rings. The molecule has 12 heteroatoms. The zero-order chi connectivity index (χ0) is 37.8. The summed E-state index contributed by atoms with van der Waals surface area (Å²) in [6.07, 6.45) is 7.85. The topological polar surface area (TPSA) is 143 Å². The SMILES string of the molecule is CCc1cc(CC)c2c(c1)Cc1cc(CC)cc(CC)c1OP(=O)(O)O2.CCc1cc(CC)c2c(c1)Cc1cc(CC)cc(CC)c1OP(=O)(O)O2.O.[Al]. The highest BCUT2D eigenvalue weighted by Gasteiger charge is 2.34. The zero-order valence-electron chi connectivity index (χ0n) is 33.0. The third-order valence-electron chi connectivity index (χ3n) is 9.96. The first-order chi connectivity index (χ1) is 24.8. The van der Waals surface area contributed by atoms with Crippen molar-refractivity contribution in [2.45, 2.75) is 120 Å². The van der Waals surface area contributed by atoms with E-state index in [0.29, 0.717) is 35.8 Å². The maximum absolute atomic E-state index is 12.7. The van der Waals surface area contributed by atoms with Gasteiger partial charge in [-0.1, -0.05) is 104 Å². The van der Waals surface area contributed by atoms with E-state index in [9.17, 15) is 18.9 Å². The third kappa shape index (κ3) is 10.2. The minimum absolute atomic E-state index is 0. The summed E-state index contributed by atoms with van der Waals surface area (Å²) in [7, 11) is -8.50. The van der Waals surface area contributed by atoms with Crippen LogP contribution in [0.3, 0.4) is 0 Å². The molecule has 2 aliphatic heterocycles. The lowest BCUT2D eigenvalue weighted by Crippen LogP contribution is -2.11. The van der Waals surface area contributed by atoms with E-state index in [-0.39, 0.29) is 22.8 Å². The van der Waals surface area contributed by atoms with Crippen molar-refractivity contribution in [2.24, 2.45) is 0 Å². The summed E-state index contributed by atoms with van der Waals surface area (Å²) in [6.45, 7) is 16.6. The van der Waals surface area contributed by atoms with Crippen LogP contribution in [0.1, 0.15) is 122 Å². The Labute approximate surface area is 332 Å². The van der Waals surface area contributed by atoms with Gasteiger partial charge in [0, 0.05) is 30.2 Å². The predicted octanol–water partition coefficient (Wildman–Crippen LogP) is 9.59. The number of fused-ring (bicyclic) bond motifs is 4. The molecule has 4 aromatic rings. The lowest BCUT2D eigenvalue weighted by atomic mass is 9.93. The quantitative estimate of drug-likeness (QED) is 0.133. The van der Waals surface area contributed by atoms with Crippen molar-refractivity contribution in [1.82, 2.24) is 0 Å². The molecule has 3 radical (unpaired) electrons. The summed E-state index contributed by atoms with van der Waals surface area (Å²) in [5.74, 6) is 2.00. The monoisotopic (exact) mass is 793 g/mol. The van der Waals surface area contributed by atoms with Crippen molar-refractivity contribution in [2.75, 3.05) is 0 Å². The molecular formula is C42H56AlO9P2. The fourth-order valence-corrected chi connectivity index (χ4v) is 9.01. The first-order valence-electron chi connectivity index (χ1n) is 18.8. The van der Waals surface area contributed by atoms with E-state index < -0.39 is 15.6 Å². The van der Waals surface area contributed by atoms with E-state index >= 15 is 0 Å². The fraction of sp³-hybridized carbons (Fsp3) is 0.429. The molecule has 0 saturated heterocycles. The van der Waals surface area contributed by atoms with E-state index in [1.54, 1.807) is 0 Å². The van der Waals surface area contributed by atoms with E-state index in [1.165, 1.54) is 22.3 Å². The first-order valence-corrected chi connectivity index (χ1v) is 21.8. The summed E-state index contributed by atoms with van der Waals surface area (Å²) in [5.41, 5.74) is 12.4. The zero-order valence-corrected chi connectivity index (χ0v) is 35.9. The van der Waals surface area contributed by atoms with Crippen LogP contribution < -0.4 is 18.1 Å². The number of hydrogen-bond donors (Lipinski definition) is 2. The molecule has 0 amide bonds. The second-order valence-electron chi connectivity index (χ2n) is 13.5. The molecule has 0 spiro atoms. The van der Waals surface area contributed by atoms with Crippen molar-refractivity contribution in [3.8, 4) is 23.0 Å². The minimum atomic E-state index is -4.25. The molecule has 0 atom stereocenters. The van der Waals surface area contributed by atoms with Crippen LogP contribution in [-0.2, 0) is 73.3 Å². The molecule has 4 N–H and O–H groups in total. The summed E-state index contributed by atoms with van der Waals surface area (Å²) < 4.78 is 47.6. The normalized spacial score (nSPS) is 14.6. The average molecular weight is 794 g/mol. The number of benzene rings is 4. The first kappa shape index (κ1) is 45.3. The summed E-state index contributed by atoms with van der Waals surface area (Å²) >= 11 is 0. The van der Waals surface area contributed by atoms with E-state index in [0.717, 1.165) is 95.9 Å². The molecule has 0 aliphatic carbocycles. The van der Waals surface area contributed by atoms with Gasteiger partial charge in [0.2, 0.25) is 0 Å². The van der Waals surface area contributed by atoms with Crippen LogP contribution in [-0.4, -0.2) is 32.6 Å². The molecule has 0 unspecified atom stereocenters. The van der Waals surface area contributed by atoms with Crippen LogP contribution in [0.4, 0.5) is 0 Å². The number of aryl methyl sites for hydroxylation is 8. The molecule has 2 heterocycles. The lowest BCUT2D eigenvalue weighted by molar-refractivity contribution is 0.283. The van der Waals surface area contributed by atoms with Crippen LogP contribution in [0.25, 0.3) is 0 Å². The van der Waals surface area contributed by atoms with Crippen molar-refractivity contribution >= 4 is 33.0 Å². The number of phosphoric ester groups is 2. The van der Waals surface area contributed by atoms with Crippen molar-refractivity contribution in [3.05, 3.63) is 115 Å². The van der Waals surface area contributed by atoms with Crippen molar-refractivity contribution in [1.29, 1.82) is 0 Å². The van der Waals surface area contributed by atoms with Gasteiger partial charge in [-0.2, -0.15) is 0 Å². The molecule has 0 bridgehead atoms. The Morgan fingerprint density at radius 1 is 0.426 bits per heavy atom. The number of hydrogen-bond acceptors (Lipinski definition) is 6.